The van der Waals surface area contributed by atoms with Gasteiger partial charge in [0.25, 0.3) is 5.56 Å². The summed E-state index contributed by atoms with van der Waals surface area (Å²) in [7, 11) is 0. The van der Waals surface area contributed by atoms with Crippen molar-refractivity contribution in [2.75, 3.05) is 0 Å². The van der Waals surface area contributed by atoms with E-state index in [9.17, 15) is 14.9 Å². The van der Waals surface area contributed by atoms with Gasteiger partial charge in [-0.25, -0.2) is 4.79 Å². The molecule has 0 N–H and O–H groups in total. The molecule has 0 aliphatic carbocycles. The molecule has 0 atom stereocenters. The highest BCUT2D eigenvalue weighted by molar-refractivity contribution is 6.35. The van der Waals surface area contributed by atoms with Crippen LogP contribution in [-0.4, -0.2) is 9.13 Å². The van der Waals surface area contributed by atoms with Gasteiger partial charge in [-0.05, 0) is 25.0 Å². The van der Waals surface area contributed by atoms with Gasteiger partial charge in [0.1, 0.15) is 11.6 Å². The maximum Gasteiger partial charge on any atom is 0.331 e. The Labute approximate surface area is 135 Å². The van der Waals surface area contributed by atoms with Crippen LogP contribution in [0.3, 0.4) is 0 Å². The minimum absolute atomic E-state index is 0.0280. The van der Waals surface area contributed by atoms with Gasteiger partial charge in [0.2, 0.25) is 0 Å². The Hall–Kier alpha value is -2.03. The largest absolute Gasteiger partial charge is 0.331 e. The Balaban J connectivity index is 2.23. The lowest BCUT2D eigenvalue weighted by atomic mass is 10.2. The van der Waals surface area contributed by atoms with Crippen molar-refractivity contribution < 1.29 is 0 Å². The van der Waals surface area contributed by atoms with Crippen molar-refractivity contribution >= 4 is 23.2 Å². The first-order valence-corrected chi connectivity index (χ1v) is 7.49. The maximum absolute atomic E-state index is 12.5. The minimum atomic E-state index is -0.586. The van der Waals surface area contributed by atoms with Gasteiger partial charge in [-0.15, -0.1) is 0 Å². The van der Waals surface area contributed by atoms with Crippen molar-refractivity contribution in [3.05, 3.63) is 65.9 Å². The first-order valence-electron chi connectivity index (χ1n) is 6.74. The topological polar surface area (TPSA) is 67.8 Å². The summed E-state index contributed by atoms with van der Waals surface area (Å²) < 4.78 is 2.52. The van der Waals surface area contributed by atoms with E-state index < -0.39 is 11.2 Å². The number of hydrogen-bond acceptors (Lipinski definition) is 3. The van der Waals surface area contributed by atoms with Crippen LogP contribution in [0.5, 0.6) is 0 Å². The fourth-order valence-corrected chi connectivity index (χ4v) is 3.25. The van der Waals surface area contributed by atoms with Crippen molar-refractivity contribution in [3.63, 3.8) is 0 Å². The molecule has 0 saturated heterocycles. The molecule has 2 heterocycles. The van der Waals surface area contributed by atoms with E-state index in [1.54, 1.807) is 18.2 Å². The molecule has 112 valence electrons. The van der Waals surface area contributed by atoms with E-state index in [-0.39, 0.29) is 12.1 Å². The maximum atomic E-state index is 12.5. The summed E-state index contributed by atoms with van der Waals surface area (Å²) in [5.74, 6) is 0. The summed E-state index contributed by atoms with van der Waals surface area (Å²) in [5.41, 5.74) is 0.0378. The normalized spacial score (nSPS) is 13.0. The van der Waals surface area contributed by atoms with E-state index in [1.165, 1.54) is 4.57 Å². The van der Waals surface area contributed by atoms with E-state index in [4.69, 9.17) is 23.2 Å². The van der Waals surface area contributed by atoms with Crippen molar-refractivity contribution in [3.8, 4) is 6.07 Å². The highest BCUT2D eigenvalue weighted by Crippen LogP contribution is 2.24. The highest BCUT2D eigenvalue weighted by atomic mass is 35.5. The lowest BCUT2D eigenvalue weighted by Gasteiger charge is -2.12. The average Bonchev–Trinajstić information content (AvgIpc) is 2.96. The second-order valence-electron chi connectivity index (χ2n) is 5.06. The Morgan fingerprint density at radius 3 is 2.55 bits per heavy atom. The molecule has 3 rings (SSSR count). The molecule has 0 saturated carbocycles. The summed E-state index contributed by atoms with van der Waals surface area (Å²) in [5, 5.41) is 10.00. The van der Waals surface area contributed by atoms with Gasteiger partial charge >= 0.3 is 5.69 Å². The molecule has 0 radical (unpaired) electrons. The lowest BCUT2D eigenvalue weighted by Crippen LogP contribution is -2.42. The summed E-state index contributed by atoms with van der Waals surface area (Å²) in [6.45, 7) is 0.463. The molecule has 0 fully saturated rings. The lowest BCUT2D eigenvalue weighted by molar-refractivity contribution is 0.602. The molecule has 0 amide bonds. The van der Waals surface area contributed by atoms with Crippen molar-refractivity contribution in [2.24, 2.45) is 0 Å². The number of nitriles is 1. The van der Waals surface area contributed by atoms with Gasteiger partial charge in [-0.2, -0.15) is 5.26 Å². The summed E-state index contributed by atoms with van der Waals surface area (Å²) in [4.78, 5) is 25.0. The van der Waals surface area contributed by atoms with Crippen LogP contribution in [0.15, 0.2) is 27.8 Å². The quantitative estimate of drug-likeness (QED) is 0.844. The zero-order valence-electron chi connectivity index (χ0n) is 11.5. The average molecular weight is 336 g/mol. The number of rotatable bonds is 2. The smallest absolute Gasteiger partial charge is 0.296 e. The molecule has 1 aromatic carbocycles. The first kappa shape index (κ1) is 14.9. The number of nitrogens with zero attached hydrogens (tertiary/aromatic N) is 3. The van der Waals surface area contributed by atoms with Gasteiger partial charge in [0, 0.05) is 27.8 Å². The van der Waals surface area contributed by atoms with E-state index in [2.05, 4.69) is 0 Å². The molecule has 1 aliphatic rings. The van der Waals surface area contributed by atoms with Crippen LogP contribution < -0.4 is 11.2 Å². The van der Waals surface area contributed by atoms with E-state index >= 15 is 0 Å². The number of fused-ring (bicyclic) bond motifs is 1. The zero-order chi connectivity index (χ0) is 15.9. The van der Waals surface area contributed by atoms with Crippen molar-refractivity contribution in [1.82, 2.24) is 9.13 Å². The number of halogens is 2. The van der Waals surface area contributed by atoms with Crippen molar-refractivity contribution in [1.29, 1.82) is 5.26 Å². The Morgan fingerprint density at radius 2 is 1.91 bits per heavy atom. The molecular formula is C15H11Cl2N3O2. The Kier molecular flexibility index (Phi) is 3.81. The SMILES string of the molecule is N#Cc1c2n(c(=O)n(Cc3c(Cl)cccc3Cl)c1=O)CCC2. The molecule has 22 heavy (non-hydrogen) atoms. The monoisotopic (exact) mass is 335 g/mol. The zero-order valence-corrected chi connectivity index (χ0v) is 13.0. The second kappa shape index (κ2) is 5.64. The van der Waals surface area contributed by atoms with Crippen LogP contribution in [0.25, 0.3) is 0 Å². The minimum Gasteiger partial charge on any atom is -0.296 e. The van der Waals surface area contributed by atoms with Crippen molar-refractivity contribution in [2.45, 2.75) is 25.9 Å². The van der Waals surface area contributed by atoms with Gasteiger partial charge in [-0.3, -0.25) is 13.9 Å². The second-order valence-corrected chi connectivity index (χ2v) is 5.88. The predicted octanol–water partition coefficient (Wildman–Crippen LogP) is 2.18. The molecule has 0 spiro atoms. The standard InChI is InChI=1S/C15H11Cl2N3O2/c16-11-3-1-4-12(17)10(11)8-20-14(21)9(7-18)13-5-2-6-19(13)15(20)22/h1,3-4H,2,5-6,8H2. The number of benzene rings is 1. The van der Waals surface area contributed by atoms with Gasteiger partial charge in [0.15, 0.2) is 0 Å². The van der Waals surface area contributed by atoms with Crippen LogP contribution in [0.2, 0.25) is 10.0 Å². The Morgan fingerprint density at radius 1 is 1.23 bits per heavy atom. The molecule has 0 bridgehead atoms. The first-order chi connectivity index (χ1) is 10.5. The number of hydrogen-bond donors (Lipinski definition) is 0. The van der Waals surface area contributed by atoms with Crippen LogP contribution >= 0.6 is 23.2 Å². The summed E-state index contributed by atoms with van der Waals surface area (Å²) in [6.07, 6.45) is 1.32. The van der Waals surface area contributed by atoms with E-state index in [0.717, 1.165) is 11.0 Å². The Bertz CT molecular complexity index is 902. The third kappa shape index (κ3) is 2.25. The molecule has 2 aromatic rings. The van der Waals surface area contributed by atoms with Crippen LogP contribution in [-0.2, 0) is 19.5 Å². The summed E-state index contributed by atoms with van der Waals surface area (Å²) in [6, 6.07) is 6.89. The van der Waals surface area contributed by atoms with E-state index in [1.807, 2.05) is 6.07 Å². The number of aromatic nitrogens is 2. The fraction of sp³-hybridized carbons (Fsp3) is 0.267. The third-order valence-corrected chi connectivity index (χ3v) is 4.53. The van der Waals surface area contributed by atoms with Crippen LogP contribution in [0.4, 0.5) is 0 Å². The molecule has 7 heteroatoms. The fourth-order valence-electron chi connectivity index (χ4n) is 2.73. The third-order valence-electron chi connectivity index (χ3n) is 3.82. The molecule has 1 aliphatic heterocycles. The predicted molar refractivity (Wildman–Crippen MR) is 83.6 cm³/mol. The molecule has 0 unspecified atom stereocenters. The van der Waals surface area contributed by atoms with Gasteiger partial charge < -0.3 is 0 Å². The van der Waals surface area contributed by atoms with Gasteiger partial charge in [-0.1, -0.05) is 29.3 Å². The van der Waals surface area contributed by atoms with E-state index in [0.29, 0.717) is 34.3 Å². The summed E-state index contributed by atoms with van der Waals surface area (Å²) >= 11 is 12.2. The van der Waals surface area contributed by atoms with Crippen LogP contribution in [0.1, 0.15) is 23.2 Å². The van der Waals surface area contributed by atoms with Crippen LogP contribution in [0, 0.1) is 11.3 Å². The molecular weight excluding hydrogens is 325 g/mol. The highest BCUT2D eigenvalue weighted by Gasteiger charge is 2.23. The van der Waals surface area contributed by atoms with Gasteiger partial charge in [0.05, 0.1) is 6.54 Å². The molecule has 5 nitrogen and oxygen atoms in total. The molecule has 1 aromatic heterocycles.